The first kappa shape index (κ1) is 25.1. The zero-order valence-corrected chi connectivity index (χ0v) is 21.0. The maximum Gasteiger partial charge on any atom is 0.262 e. The number of aryl methyl sites for hydroxylation is 1. The van der Waals surface area contributed by atoms with Crippen LogP contribution >= 0.6 is 11.8 Å². The number of para-hydroxylation sites is 1. The highest BCUT2D eigenvalue weighted by atomic mass is 32.2. The fourth-order valence-corrected chi connectivity index (χ4v) is 4.63. The van der Waals surface area contributed by atoms with Crippen molar-refractivity contribution in [3.8, 4) is 5.75 Å². The molecule has 0 bridgehead atoms. The van der Waals surface area contributed by atoms with E-state index in [2.05, 4.69) is 10.6 Å². The molecule has 182 valence electrons. The van der Waals surface area contributed by atoms with E-state index in [9.17, 15) is 9.59 Å². The molecule has 0 saturated heterocycles. The van der Waals surface area contributed by atoms with Gasteiger partial charge in [-0.1, -0.05) is 60.7 Å². The normalized spacial score (nSPS) is 11.4. The summed E-state index contributed by atoms with van der Waals surface area (Å²) in [6.45, 7) is 3.96. The average Bonchev–Trinajstić information content (AvgIpc) is 2.90. The Labute approximate surface area is 215 Å². The Bertz CT molecular complexity index is 1310. The minimum Gasteiger partial charge on any atom is -0.484 e. The van der Waals surface area contributed by atoms with Gasteiger partial charge in [-0.25, -0.2) is 0 Å². The van der Waals surface area contributed by atoms with E-state index in [1.54, 1.807) is 12.1 Å². The smallest absolute Gasteiger partial charge is 0.262 e. The van der Waals surface area contributed by atoms with Crippen molar-refractivity contribution in [2.45, 2.75) is 24.0 Å². The van der Waals surface area contributed by atoms with Crippen molar-refractivity contribution in [1.29, 1.82) is 0 Å². The molecular weight excluding hydrogens is 468 g/mol. The van der Waals surface area contributed by atoms with Gasteiger partial charge >= 0.3 is 0 Å². The summed E-state index contributed by atoms with van der Waals surface area (Å²) in [7, 11) is 0. The van der Waals surface area contributed by atoms with E-state index in [1.807, 2.05) is 105 Å². The minimum atomic E-state index is -0.439. The average molecular weight is 497 g/mol. The van der Waals surface area contributed by atoms with Gasteiger partial charge in [0.15, 0.2) is 6.61 Å². The molecule has 4 rings (SSSR count). The largest absolute Gasteiger partial charge is 0.484 e. The molecular formula is C30H28N2O3S. The summed E-state index contributed by atoms with van der Waals surface area (Å²) >= 11 is 1.46. The monoisotopic (exact) mass is 496 g/mol. The van der Waals surface area contributed by atoms with E-state index in [0.717, 1.165) is 27.3 Å². The van der Waals surface area contributed by atoms with Gasteiger partial charge in [0.1, 0.15) is 11.0 Å². The summed E-state index contributed by atoms with van der Waals surface area (Å²) in [4.78, 5) is 26.5. The van der Waals surface area contributed by atoms with E-state index in [4.69, 9.17) is 4.74 Å². The van der Waals surface area contributed by atoms with Crippen LogP contribution in [-0.2, 0) is 9.59 Å². The summed E-state index contributed by atoms with van der Waals surface area (Å²) in [6.07, 6.45) is 0. The maximum atomic E-state index is 13.4. The van der Waals surface area contributed by atoms with E-state index in [1.165, 1.54) is 11.8 Å². The van der Waals surface area contributed by atoms with Gasteiger partial charge in [-0.2, -0.15) is 0 Å². The number of anilines is 2. The lowest BCUT2D eigenvalue weighted by Crippen LogP contribution is -2.20. The molecule has 0 aliphatic rings. The molecule has 0 fully saturated rings. The van der Waals surface area contributed by atoms with Crippen LogP contribution in [0.1, 0.15) is 21.9 Å². The molecule has 2 N–H and O–H groups in total. The molecule has 0 saturated carbocycles. The molecule has 4 aromatic rings. The number of rotatable bonds is 9. The van der Waals surface area contributed by atoms with Crippen molar-refractivity contribution in [3.05, 3.63) is 120 Å². The summed E-state index contributed by atoms with van der Waals surface area (Å²) in [5, 5.41) is 5.50. The van der Waals surface area contributed by atoms with Crippen molar-refractivity contribution in [2.24, 2.45) is 0 Å². The molecule has 36 heavy (non-hydrogen) atoms. The zero-order valence-electron chi connectivity index (χ0n) is 20.2. The number of amides is 2. The van der Waals surface area contributed by atoms with E-state index >= 15 is 0 Å². The molecule has 2 amide bonds. The third kappa shape index (κ3) is 6.77. The number of hydrogen-bond donors (Lipinski definition) is 2. The van der Waals surface area contributed by atoms with Gasteiger partial charge in [-0.3, -0.25) is 9.59 Å². The highest BCUT2D eigenvalue weighted by Gasteiger charge is 2.23. The van der Waals surface area contributed by atoms with Crippen LogP contribution in [0.25, 0.3) is 0 Å². The molecule has 0 heterocycles. The Kier molecular flexibility index (Phi) is 8.42. The van der Waals surface area contributed by atoms with Crippen LogP contribution in [-0.4, -0.2) is 18.4 Å². The SMILES string of the molecule is Cc1cccc(NC(=O)C(Sc2ccc(NC(=O)COc3ccccc3)cc2)c2ccccc2)c1C. The van der Waals surface area contributed by atoms with Crippen LogP contribution in [0.5, 0.6) is 5.75 Å². The lowest BCUT2D eigenvalue weighted by molar-refractivity contribution is -0.118. The van der Waals surface area contributed by atoms with Gasteiger partial charge in [0, 0.05) is 16.3 Å². The third-order valence-electron chi connectivity index (χ3n) is 5.71. The second-order valence-corrected chi connectivity index (χ2v) is 9.50. The Morgan fingerprint density at radius 3 is 2.14 bits per heavy atom. The predicted octanol–water partition coefficient (Wildman–Crippen LogP) is 6.79. The van der Waals surface area contributed by atoms with Crippen LogP contribution in [0.3, 0.4) is 0 Å². The quantitative estimate of drug-likeness (QED) is 0.250. The second-order valence-electron chi connectivity index (χ2n) is 8.32. The number of hydrogen-bond acceptors (Lipinski definition) is 4. The van der Waals surface area contributed by atoms with Gasteiger partial charge in [0.05, 0.1) is 0 Å². The van der Waals surface area contributed by atoms with E-state index in [-0.39, 0.29) is 18.4 Å². The lowest BCUT2D eigenvalue weighted by Gasteiger charge is -2.19. The summed E-state index contributed by atoms with van der Waals surface area (Å²) in [6, 6.07) is 32.3. The highest BCUT2D eigenvalue weighted by Crippen LogP contribution is 2.37. The lowest BCUT2D eigenvalue weighted by atomic mass is 10.1. The highest BCUT2D eigenvalue weighted by molar-refractivity contribution is 8.00. The summed E-state index contributed by atoms with van der Waals surface area (Å²) < 4.78 is 5.50. The second kappa shape index (κ2) is 12.1. The summed E-state index contributed by atoms with van der Waals surface area (Å²) in [5.74, 6) is 0.315. The van der Waals surface area contributed by atoms with Gasteiger partial charge < -0.3 is 15.4 Å². The van der Waals surface area contributed by atoms with Crippen molar-refractivity contribution < 1.29 is 14.3 Å². The van der Waals surface area contributed by atoms with Gasteiger partial charge in [-0.05, 0) is 73.0 Å². The Hall–Kier alpha value is -4.03. The number of carbonyl (C=O) groups excluding carboxylic acids is 2. The fourth-order valence-electron chi connectivity index (χ4n) is 3.60. The van der Waals surface area contributed by atoms with Crippen molar-refractivity contribution >= 4 is 35.0 Å². The number of carbonyl (C=O) groups is 2. The number of benzene rings is 4. The van der Waals surface area contributed by atoms with Crippen molar-refractivity contribution in [3.63, 3.8) is 0 Å². The standard InChI is InChI=1S/C30H28N2O3S/c1-21-10-9-15-27(22(21)2)32-30(34)29(23-11-5-3-6-12-23)36-26-18-16-24(17-19-26)31-28(33)20-35-25-13-7-4-8-14-25/h3-19,29H,20H2,1-2H3,(H,31,33)(H,32,34). The van der Waals surface area contributed by atoms with Gasteiger partial charge in [0.2, 0.25) is 5.91 Å². The third-order valence-corrected chi connectivity index (χ3v) is 6.97. The molecule has 0 aromatic heterocycles. The first-order valence-electron chi connectivity index (χ1n) is 11.7. The summed E-state index contributed by atoms with van der Waals surface area (Å²) in [5.41, 5.74) is 4.58. The molecule has 4 aromatic carbocycles. The van der Waals surface area contributed by atoms with Crippen LogP contribution in [0.4, 0.5) is 11.4 Å². The fraction of sp³-hybridized carbons (Fsp3) is 0.133. The van der Waals surface area contributed by atoms with Crippen molar-refractivity contribution in [1.82, 2.24) is 0 Å². The molecule has 5 nitrogen and oxygen atoms in total. The minimum absolute atomic E-state index is 0.0743. The Morgan fingerprint density at radius 1 is 0.778 bits per heavy atom. The van der Waals surface area contributed by atoms with E-state index < -0.39 is 5.25 Å². The van der Waals surface area contributed by atoms with Crippen LogP contribution in [0.15, 0.2) is 108 Å². The number of nitrogens with one attached hydrogen (secondary N) is 2. The molecule has 6 heteroatoms. The van der Waals surface area contributed by atoms with Crippen LogP contribution in [0.2, 0.25) is 0 Å². The molecule has 1 unspecified atom stereocenters. The molecule has 0 radical (unpaired) electrons. The molecule has 0 spiro atoms. The van der Waals surface area contributed by atoms with E-state index in [0.29, 0.717) is 11.4 Å². The Morgan fingerprint density at radius 2 is 1.44 bits per heavy atom. The van der Waals surface area contributed by atoms with Crippen molar-refractivity contribution in [2.75, 3.05) is 17.2 Å². The topological polar surface area (TPSA) is 67.4 Å². The molecule has 0 aliphatic carbocycles. The van der Waals surface area contributed by atoms with Gasteiger partial charge in [0.25, 0.3) is 5.91 Å². The van der Waals surface area contributed by atoms with Crippen LogP contribution in [0, 0.1) is 13.8 Å². The van der Waals surface area contributed by atoms with Gasteiger partial charge in [-0.15, -0.1) is 11.8 Å². The first-order valence-corrected chi connectivity index (χ1v) is 12.5. The Balaban J connectivity index is 1.42. The maximum absolute atomic E-state index is 13.4. The molecule has 1 atom stereocenters. The first-order chi connectivity index (χ1) is 17.5. The zero-order chi connectivity index (χ0) is 25.3. The predicted molar refractivity (Wildman–Crippen MR) is 147 cm³/mol. The molecule has 0 aliphatic heterocycles. The number of thioether (sulfide) groups is 1. The van der Waals surface area contributed by atoms with Crippen LogP contribution < -0.4 is 15.4 Å². The number of ether oxygens (including phenoxy) is 1.